The second-order valence-electron chi connectivity index (χ2n) is 9.04. The lowest BCUT2D eigenvalue weighted by molar-refractivity contribution is -0.121. The second-order valence-corrected chi connectivity index (χ2v) is 9.04. The predicted molar refractivity (Wildman–Crippen MR) is 111 cm³/mol. The van der Waals surface area contributed by atoms with Gasteiger partial charge in [0.1, 0.15) is 17.0 Å². The smallest absolute Gasteiger partial charge is 0.425 e. The van der Waals surface area contributed by atoms with E-state index in [4.69, 9.17) is 9.47 Å². The monoisotopic (exact) mass is 407 g/mol. The van der Waals surface area contributed by atoms with Crippen LogP contribution in [0.5, 0.6) is 0 Å². The van der Waals surface area contributed by atoms with E-state index in [1.54, 1.807) is 53.7 Å². The molecule has 1 N–H and O–H groups in total. The summed E-state index contributed by atoms with van der Waals surface area (Å²) in [6.07, 6.45) is 0.431. The van der Waals surface area contributed by atoms with Crippen LogP contribution in [-0.2, 0) is 20.7 Å². The second kappa shape index (κ2) is 9.71. The molecular weight excluding hydrogens is 374 g/mol. The van der Waals surface area contributed by atoms with Crippen LogP contribution in [0, 0.1) is 0 Å². The van der Waals surface area contributed by atoms with Gasteiger partial charge in [0.05, 0.1) is 0 Å². The Morgan fingerprint density at radius 3 is 2.00 bits per heavy atom. The highest BCUT2D eigenvalue weighted by atomic mass is 16.6. The Bertz CT molecular complexity index is 705. The van der Waals surface area contributed by atoms with Gasteiger partial charge in [-0.05, 0) is 79.5 Å². The van der Waals surface area contributed by atoms with Crippen molar-refractivity contribution in [3.63, 3.8) is 0 Å². The predicted octanol–water partition coefficient (Wildman–Crippen LogP) is 4.22. The number of imide groups is 1. The highest BCUT2D eigenvalue weighted by Gasteiger charge is 2.33. The SMILES string of the molecule is CC(C)NC(=O)CCc1ccnc(N(C(=O)OC(C)(C)C)C(=O)OC(C)(C)C)c1. The number of amides is 3. The van der Waals surface area contributed by atoms with Gasteiger partial charge >= 0.3 is 12.2 Å². The number of aryl methyl sites for hydroxylation is 1. The Balaban J connectivity index is 3.10. The molecule has 0 atom stereocenters. The summed E-state index contributed by atoms with van der Waals surface area (Å²) >= 11 is 0. The molecule has 8 nitrogen and oxygen atoms in total. The van der Waals surface area contributed by atoms with Gasteiger partial charge in [0.15, 0.2) is 0 Å². The molecule has 0 unspecified atom stereocenters. The number of nitrogens with zero attached hydrogens (tertiary/aromatic N) is 2. The fourth-order valence-electron chi connectivity index (χ4n) is 2.27. The minimum absolute atomic E-state index is 0.0605. The highest BCUT2D eigenvalue weighted by Crippen LogP contribution is 2.21. The molecule has 3 amide bonds. The summed E-state index contributed by atoms with van der Waals surface area (Å²) < 4.78 is 10.7. The zero-order valence-electron chi connectivity index (χ0n) is 18.7. The van der Waals surface area contributed by atoms with Gasteiger partial charge < -0.3 is 14.8 Å². The van der Waals surface area contributed by atoms with Gasteiger partial charge in [-0.2, -0.15) is 4.90 Å². The normalized spacial score (nSPS) is 11.8. The van der Waals surface area contributed by atoms with Crippen LogP contribution in [-0.4, -0.2) is 40.3 Å². The minimum atomic E-state index is -0.881. The number of carbonyl (C=O) groups excluding carboxylic acids is 3. The number of hydrogen-bond acceptors (Lipinski definition) is 6. The van der Waals surface area contributed by atoms with Gasteiger partial charge in [-0.15, -0.1) is 0 Å². The third-order valence-corrected chi connectivity index (χ3v) is 3.28. The molecule has 0 aliphatic rings. The fourth-order valence-corrected chi connectivity index (χ4v) is 2.27. The van der Waals surface area contributed by atoms with E-state index >= 15 is 0 Å². The van der Waals surface area contributed by atoms with Gasteiger partial charge in [-0.3, -0.25) is 4.79 Å². The maximum Gasteiger partial charge on any atom is 0.425 e. The van der Waals surface area contributed by atoms with Crippen LogP contribution in [0.1, 0.15) is 67.4 Å². The molecule has 0 spiro atoms. The van der Waals surface area contributed by atoms with Crippen molar-refractivity contribution in [2.75, 3.05) is 4.90 Å². The summed E-state index contributed by atoms with van der Waals surface area (Å²) in [4.78, 5) is 42.2. The molecule has 1 aromatic heterocycles. The van der Waals surface area contributed by atoms with Crippen molar-refractivity contribution in [2.24, 2.45) is 0 Å². The van der Waals surface area contributed by atoms with Crippen LogP contribution in [0.3, 0.4) is 0 Å². The first-order chi connectivity index (χ1) is 13.2. The van der Waals surface area contributed by atoms with Crippen molar-refractivity contribution < 1.29 is 23.9 Å². The van der Waals surface area contributed by atoms with Crippen LogP contribution in [0.2, 0.25) is 0 Å². The van der Waals surface area contributed by atoms with E-state index < -0.39 is 23.4 Å². The maximum absolute atomic E-state index is 12.7. The molecule has 0 aliphatic carbocycles. The molecule has 0 aromatic carbocycles. The number of anilines is 1. The quantitative estimate of drug-likeness (QED) is 0.785. The first kappa shape index (κ1) is 24.4. The highest BCUT2D eigenvalue weighted by molar-refractivity contribution is 6.08. The molecular formula is C21H33N3O5. The van der Waals surface area contributed by atoms with Crippen LogP contribution in [0.15, 0.2) is 18.3 Å². The molecule has 1 aromatic rings. The van der Waals surface area contributed by atoms with Gasteiger partial charge in [0, 0.05) is 18.7 Å². The Labute approximate surface area is 173 Å². The number of rotatable bonds is 5. The molecule has 0 saturated heterocycles. The number of pyridine rings is 1. The summed E-state index contributed by atoms with van der Waals surface area (Å²) in [6, 6.07) is 3.37. The lowest BCUT2D eigenvalue weighted by Gasteiger charge is -2.28. The van der Waals surface area contributed by atoms with Crippen molar-refractivity contribution in [1.82, 2.24) is 10.3 Å². The van der Waals surface area contributed by atoms with E-state index in [1.807, 2.05) is 13.8 Å². The summed E-state index contributed by atoms with van der Waals surface area (Å²) in [5.41, 5.74) is -0.848. The molecule has 162 valence electrons. The minimum Gasteiger partial charge on any atom is -0.443 e. The van der Waals surface area contributed by atoms with E-state index in [2.05, 4.69) is 10.3 Å². The Morgan fingerprint density at radius 2 is 1.55 bits per heavy atom. The van der Waals surface area contributed by atoms with E-state index in [0.29, 0.717) is 6.42 Å². The fraction of sp³-hybridized carbons (Fsp3) is 0.619. The van der Waals surface area contributed by atoms with Crippen LogP contribution >= 0.6 is 0 Å². The third kappa shape index (κ3) is 9.40. The number of carbonyl (C=O) groups is 3. The van der Waals surface area contributed by atoms with E-state index in [1.165, 1.54) is 6.20 Å². The van der Waals surface area contributed by atoms with Gasteiger partial charge in [0.2, 0.25) is 5.91 Å². The summed E-state index contributed by atoms with van der Waals surface area (Å²) in [5, 5.41) is 2.83. The van der Waals surface area contributed by atoms with Crippen molar-refractivity contribution in [1.29, 1.82) is 0 Å². The zero-order valence-corrected chi connectivity index (χ0v) is 18.7. The first-order valence-electron chi connectivity index (χ1n) is 9.68. The zero-order chi connectivity index (χ0) is 22.4. The van der Waals surface area contributed by atoms with Crippen molar-refractivity contribution >= 4 is 23.9 Å². The molecule has 0 aliphatic heterocycles. The lowest BCUT2D eigenvalue weighted by Crippen LogP contribution is -2.44. The first-order valence-corrected chi connectivity index (χ1v) is 9.68. The van der Waals surface area contributed by atoms with Crippen LogP contribution in [0.4, 0.5) is 15.4 Å². The Kier molecular flexibility index (Phi) is 8.17. The topological polar surface area (TPSA) is 97.8 Å². The summed E-state index contributed by atoms with van der Waals surface area (Å²) in [7, 11) is 0. The van der Waals surface area contributed by atoms with Crippen LogP contribution < -0.4 is 10.2 Å². The van der Waals surface area contributed by atoms with E-state index in [-0.39, 0.29) is 24.2 Å². The lowest BCUT2D eigenvalue weighted by atomic mass is 10.1. The maximum atomic E-state index is 12.7. The van der Waals surface area contributed by atoms with Gasteiger partial charge in [-0.1, -0.05) is 0 Å². The summed E-state index contributed by atoms with van der Waals surface area (Å²) in [6.45, 7) is 14.0. The largest absolute Gasteiger partial charge is 0.443 e. The number of hydrogen-bond donors (Lipinski definition) is 1. The molecule has 1 heterocycles. The standard InChI is InChI=1S/C21H33N3O5/c1-14(2)23-17(25)10-9-15-11-12-22-16(13-15)24(18(26)28-20(3,4)5)19(27)29-21(6,7)8/h11-14H,9-10H2,1-8H3,(H,23,25). The molecule has 0 fully saturated rings. The molecule has 0 saturated carbocycles. The van der Waals surface area contributed by atoms with E-state index in [9.17, 15) is 14.4 Å². The summed E-state index contributed by atoms with van der Waals surface area (Å²) in [5.74, 6) is 0.00442. The number of nitrogens with one attached hydrogen (secondary N) is 1. The molecule has 29 heavy (non-hydrogen) atoms. The average Bonchev–Trinajstić information content (AvgIpc) is 2.49. The van der Waals surface area contributed by atoms with Crippen molar-refractivity contribution in [2.45, 2.75) is 85.5 Å². The van der Waals surface area contributed by atoms with Gasteiger partial charge in [0.25, 0.3) is 0 Å². The molecule has 1 rings (SSSR count). The third-order valence-electron chi connectivity index (χ3n) is 3.28. The number of ether oxygens (including phenoxy) is 2. The van der Waals surface area contributed by atoms with Crippen LogP contribution in [0.25, 0.3) is 0 Å². The Hall–Kier alpha value is -2.64. The van der Waals surface area contributed by atoms with Gasteiger partial charge in [-0.25, -0.2) is 14.6 Å². The van der Waals surface area contributed by atoms with Crippen molar-refractivity contribution in [3.8, 4) is 0 Å². The van der Waals surface area contributed by atoms with E-state index in [0.717, 1.165) is 10.5 Å². The van der Waals surface area contributed by atoms with Crippen molar-refractivity contribution in [3.05, 3.63) is 23.9 Å². The molecule has 8 heteroatoms. The molecule has 0 radical (unpaired) electrons. The number of aromatic nitrogens is 1. The Morgan fingerprint density at radius 1 is 1.03 bits per heavy atom. The average molecular weight is 408 g/mol. The molecule has 0 bridgehead atoms.